The molecule has 1 aliphatic heterocycles. The maximum absolute atomic E-state index is 12.2. The fourth-order valence-corrected chi connectivity index (χ4v) is 4.85. The van der Waals surface area contributed by atoms with E-state index in [0.717, 1.165) is 5.69 Å². The van der Waals surface area contributed by atoms with Gasteiger partial charge in [-0.1, -0.05) is 18.9 Å². The molecule has 1 aromatic carbocycles. The second-order valence-corrected chi connectivity index (χ2v) is 7.16. The van der Waals surface area contributed by atoms with Crippen molar-refractivity contribution in [3.05, 3.63) is 23.3 Å². The molecule has 3 heteroatoms. The molecule has 0 bridgehead atoms. The van der Waals surface area contributed by atoms with E-state index in [9.17, 15) is 4.79 Å². The van der Waals surface area contributed by atoms with Crippen molar-refractivity contribution in [1.82, 2.24) is 0 Å². The predicted molar refractivity (Wildman–Crippen MR) is 80.8 cm³/mol. The first-order valence-corrected chi connectivity index (χ1v) is 8.09. The molecule has 1 amide bonds. The van der Waals surface area contributed by atoms with Gasteiger partial charge in [0, 0.05) is 16.6 Å². The van der Waals surface area contributed by atoms with Crippen molar-refractivity contribution in [3.8, 4) is 0 Å². The fourth-order valence-electron chi connectivity index (χ4n) is 3.36. The minimum atomic E-state index is 0.198. The number of thioether (sulfide) groups is 1. The van der Waals surface area contributed by atoms with E-state index in [-0.39, 0.29) is 5.91 Å². The molecule has 1 N–H and O–H groups in total. The zero-order valence-electron chi connectivity index (χ0n) is 11.7. The van der Waals surface area contributed by atoms with Crippen LogP contribution < -0.4 is 5.32 Å². The topological polar surface area (TPSA) is 29.1 Å². The second kappa shape index (κ2) is 5.20. The van der Waals surface area contributed by atoms with Crippen LogP contribution >= 0.6 is 11.8 Å². The van der Waals surface area contributed by atoms with Crippen molar-refractivity contribution in [2.45, 2.75) is 56.1 Å². The quantitative estimate of drug-likeness (QED) is 0.765. The normalized spacial score (nSPS) is 26.7. The van der Waals surface area contributed by atoms with E-state index in [2.05, 4.69) is 31.3 Å². The Labute approximate surface area is 119 Å². The third kappa shape index (κ3) is 2.66. The van der Waals surface area contributed by atoms with E-state index in [1.807, 2.05) is 11.8 Å². The minimum absolute atomic E-state index is 0.198. The van der Waals surface area contributed by atoms with Crippen LogP contribution in [0.3, 0.4) is 0 Å². The van der Waals surface area contributed by atoms with Crippen LogP contribution in [-0.4, -0.2) is 11.2 Å². The number of amides is 1. The van der Waals surface area contributed by atoms with Crippen molar-refractivity contribution in [1.29, 1.82) is 0 Å². The summed E-state index contributed by atoms with van der Waals surface area (Å²) in [5, 5.41) is 3.74. The predicted octanol–water partition coefficient (Wildman–Crippen LogP) is 4.30. The number of hydrogen-bond donors (Lipinski definition) is 1. The maximum atomic E-state index is 12.2. The lowest BCUT2D eigenvalue weighted by atomic mass is 9.86. The molecule has 0 radical (unpaired) electrons. The van der Waals surface area contributed by atoms with Gasteiger partial charge in [-0.3, -0.25) is 4.79 Å². The number of aryl methyl sites for hydroxylation is 2. The Morgan fingerprint density at radius 3 is 2.84 bits per heavy atom. The molecular weight excluding hydrogens is 254 g/mol. The zero-order valence-corrected chi connectivity index (χ0v) is 12.5. The molecule has 1 aromatic rings. The van der Waals surface area contributed by atoms with Crippen LogP contribution in [0.2, 0.25) is 0 Å². The summed E-state index contributed by atoms with van der Waals surface area (Å²) >= 11 is 2.00. The van der Waals surface area contributed by atoms with Gasteiger partial charge < -0.3 is 5.32 Å². The molecular formula is C16H21NOS. The summed E-state index contributed by atoms with van der Waals surface area (Å²) in [6, 6.07) is 4.33. The summed E-state index contributed by atoms with van der Waals surface area (Å²) in [5.41, 5.74) is 3.54. The second-order valence-electron chi connectivity index (χ2n) is 5.91. The molecule has 19 heavy (non-hydrogen) atoms. The summed E-state index contributed by atoms with van der Waals surface area (Å²) in [6.45, 7) is 4.25. The smallest absolute Gasteiger partial charge is 0.224 e. The van der Waals surface area contributed by atoms with Crippen LogP contribution in [0, 0.1) is 19.8 Å². The molecule has 102 valence electrons. The molecule has 1 saturated carbocycles. The lowest BCUT2D eigenvalue weighted by molar-refractivity contribution is -0.117. The Morgan fingerprint density at radius 2 is 2.00 bits per heavy atom. The number of carbonyl (C=O) groups is 1. The summed E-state index contributed by atoms with van der Waals surface area (Å²) in [7, 11) is 0. The summed E-state index contributed by atoms with van der Waals surface area (Å²) < 4.78 is 0. The third-order valence-electron chi connectivity index (χ3n) is 4.25. The van der Waals surface area contributed by atoms with Crippen molar-refractivity contribution < 1.29 is 4.79 Å². The first-order chi connectivity index (χ1) is 9.13. The average molecular weight is 275 g/mol. The van der Waals surface area contributed by atoms with E-state index < -0.39 is 0 Å². The summed E-state index contributed by atoms with van der Waals surface area (Å²) in [6.07, 6.45) is 5.77. The number of hydrogen-bond acceptors (Lipinski definition) is 2. The minimum Gasteiger partial charge on any atom is -0.325 e. The fraction of sp³-hybridized carbons (Fsp3) is 0.562. The standard InChI is InChI=1S/C16H21NOS/c1-10-7-11(2)16-13(8-10)17-15(18)9-12-5-3-4-6-14(12)19-16/h7-8,12,14H,3-6,9H2,1-2H3,(H,17,18). The molecule has 1 aliphatic carbocycles. The van der Waals surface area contributed by atoms with Gasteiger partial charge in [-0.15, -0.1) is 11.8 Å². The molecule has 2 aliphatic rings. The Kier molecular flexibility index (Phi) is 3.57. The molecule has 2 unspecified atom stereocenters. The molecule has 0 saturated heterocycles. The van der Waals surface area contributed by atoms with Gasteiger partial charge in [0.25, 0.3) is 0 Å². The molecule has 3 rings (SSSR count). The van der Waals surface area contributed by atoms with Gasteiger partial charge in [0.05, 0.1) is 5.69 Å². The Balaban J connectivity index is 2.00. The van der Waals surface area contributed by atoms with Gasteiger partial charge >= 0.3 is 0 Å². The van der Waals surface area contributed by atoms with Crippen molar-refractivity contribution in [3.63, 3.8) is 0 Å². The van der Waals surface area contributed by atoms with E-state index in [1.165, 1.54) is 41.7 Å². The highest BCUT2D eigenvalue weighted by Crippen LogP contribution is 2.44. The largest absolute Gasteiger partial charge is 0.325 e. The number of rotatable bonds is 0. The number of nitrogens with one attached hydrogen (secondary N) is 1. The Hall–Kier alpha value is -0.960. The molecule has 0 spiro atoms. The monoisotopic (exact) mass is 275 g/mol. The molecule has 1 heterocycles. The Bertz CT molecular complexity index is 512. The van der Waals surface area contributed by atoms with E-state index in [0.29, 0.717) is 17.6 Å². The zero-order chi connectivity index (χ0) is 13.4. The SMILES string of the molecule is Cc1cc(C)c2c(c1)NC(=O)CC1CCCCC1S2. The van der Waals surface area contributed by atoms with Crippen LogP contribution in [0.5, 0.6) is 0 Å². The summed E-state index contributed by atoms with van der Waals surface area (Å²) in [5.74, 6) is 0.760. The molecule has 0 aromatic heterocycles. The summed E-state index contributed by atoms with van der Waals surface area (Å²) in [4.78, 5) is 13.4. The van der Waals surface area contributed by atoms with Gasteiger partial charge in [-0.25, -0.2) is 0 Å². The van der Waals surface area contributed by atoms with Gasteiger partial charge in [-0.2, -0.15) is 0 Å². The van der Waals surface area contributed by atoms with Crippen molar-refractivity contribution >= 4 is 23.4 Å². The number of fused-ring (bicyclic) bond motifs is 2. The van der Waals surface area contributed by atoms with Crippen LogP contribution in [0.25, 0.3) is 0 Å². The highest BCUT2D eigenvalue weighted by Gasteiger charge is 2.31. The van der Waals surface area contributed by atoms with E-state index >= 15 is 0 Å². The van der Waals surface area contributed by atoms with Crippen molar-refractivity contribution in [2.24, 2.45) is 5.92 Å². The third-order valence-corrected chi connectivity index (χ3v) is 5.95. The average Bonchev–Trinajstić information content (AvgIpc) is 2.33. The first-order valence-electron chi connectivity index (χ1n) is 7.21. The number of anilines is 1. The first kappa shape index (κ1) is 13.0. The van der Waals surface area contributed by atoms with Crippen LogP contribution in [0.15, 0.2) is 17.0 Å². The highest BCUT2D eigenvalue weighted by atomic mass is 32.2. The lowest BCUT2D eigenvalue weighted by Crippen LogP contribution is -2.29. The van der Waals surface area contributed by atoms with Gasteiger partial charge in [0.1, 0.15) is 0 Å². The van der Waals surface area contributed by atoms with Crippen LogP contribution in [0.4, 0.5) is 5.69 Å². The van der Waals surface area contributed by atoms with Gasteiger partial charge in [-0.05, 0) is 49.8 Å². The van der Waals surface area contributed by atoms with Gasteiger partial charge in [0.2, 0.25) is 5.91 Å². The Morgan fingerprint density at radius 1 is 1.21 bits per heavy atom. The van der Waals surface area contributed by atoms with Gasteiger partial charge in [0.15, 0.2) is 0 Å². The molecule has 2 atom stereocenters. The van der Waals surface area contributed by atoms with Crippen molar-refractivity contribution in [2.75, 3.05) is 5.32 Å². The number of carbonyl (C=O) groups excluding carboxylic acids is 1. The number of benzene rings is 1. The highest BCUT2D eigenvalue weighted by molar-refractivity contribution is 8.00. The maximum Gasteiger partial charge on any atom is 0.224 e. The van der Waals surface area contributed by atoms with E-state index in [4.69, 9.17) is 0 Å². The van der Waals surface area contributed by atoms with Crippen LogP contribution in [-0.2, 0) is 4.79 Å². The van der Waals surface area contributed by atoms with Crippen LogP contribution in [0.1, 0.15) is 43.2 Å². The lowest BCUT2D eigenvalue weighted by Gasteiger charge is -2.33. The molecule has 2 nitrogen and oxygen atoms in total. The molecule has 1 fully saturated rings. The van der Waals surface area contributed by atoms with E-state index in [1.54, 1.807) is 0 Å².